The molecule has 0 aromatic heterocycles. The van der Waals surface area contributed by atoms with Crippen molar-refractivity contribution in [3.05, 3.63) is 29.3 Å². The molecule has 1 rings (SSSR count). The van der Waals surface area contributed by atoms with Crippen LogP contribution in [-0.4, -0.2) is 20.1 Å². The number of aryl methyl sites for hydroxylation is 1. The van der Waals surface area contributed by atoms with E-state index in [1.807, 2.05) is 0 Å². The Hall–Kier alpha value is -1.51. The van der Waals surface area contributed by atoms with Crippen molar-refractivity contribution in [3.8, 4) is 5.75 Å². The molecule has 0 radical (unpaired) electrons. The summed E-state index contributed by atoms with van der Waals surface area (Å²) in [7, 11) is -1.27. The quantitative estimate of drug-likeness (QED) is 0.656. The third kappa shape index (κ3) is 1.99. The standard InChI is InChI=1S/C10H12O3/c1-7-4-5-8(10(11)13-3)6-9(7)12-2/h4-6H,1-3H3/i2D3. The minimum atomic E-state index is -2.53. The highest BCUT2D eigenvalue weighted by Gasteiger charge is 2.07. The van der Waals surface area contributed by atoms with Gasteiger partial charge in [-0.25, -0.2) is 4.79 Å². The second kappa shape index (κ2) is 3.94. The molecular formula is C10H12O3. The Balaban J connectivity index is 3.04. The van der Waals surface area contributed by atoms with Crippen molar-refractivity contribution in [2.24, 2.45) is 0 Å². The van der Waals surface area contributed by atoms with E-state index in [9.17, 15) is 4.79 Å². The smallest absolute Gasteiger partial charge is 0.337 e. The maximum atomic E-state index is 11.2. The number of hydrogen-bond donors (Lipinski definition) is 0. The first kappa shape index (κ1) is 6.02. The van der Waals surface area contributed by atoms with Gasteiger partial charge in [-0.3, -0.25) is 0 Å². The molecule has 0 aliphatic carbocycles. The lowest BCUT2D eigenvalue weighted by molar-refractivity contribution is 0.0600. The van der Waals surface area contributed by atoms with Crippen LogP contribution in [0.4, 0.5) is 0 Å². The van der Waals surface area contributed by atoms with Gasteiger partial charge < -0.3 is 9.47 Å². The van der Waals surface area contributed by atoms with Crippen molar-refractivity contribution in [2.45, 2.75) is 6.92 Å². The summed E-state index contributed by atoms with van der Waals surface area (Å²) in [5, 5.41) is 0. The average molecular weight is 183 g/mol. The molecule has 0 aliphatic heterocycles. The summed E-state index contributed by atoms with van der Waals surface area (Å²) in [6, 6.07) is 4.51. The number of hydrogen-bond acceptors (Lipinski definition) is 3. The SMILES string of the molecule is [2H]C([2H])([2H])Oc1cc(C(=O)OC)ccc1C. The van der Waals surface area contributed by atoms with Crippen LogP contribution in [0.5, 0.6) is 5.75 Å². The number of ether oxygens (including phenoxy) is 2. The van der Waals surface area contributed by atoms with E-state index < -0.39 is 13.0 Å². The first-order valence-corrected chi connectivity index (χ1v) is 3.71. The zero-order chi connectivity index (χ0) is 12.3. The van der Waals surface area contributed by atoms with Gasteiger partial charge >= 0.3 is 5.97 Å². The van der Waals surface area contributed by atoms with Crippen LogP contribution in [0.25, 0.3) is 0 Å². The third-order valence-electron chi connectivity index (χ3n) is 1.72. The van der Waals surface area contributed by atoms with Crippen LogP contribution in [0.3, 0.4) is 0 Å². The van der Waals surface area contributed by atoms with Gasteiger partial charge in [-0.1, -0.05) is 6.07 Å². The van der Waals surface area contributed by atoms with E-state index in [0.29, 0.717) is 5.56 Å². The maximum absolute atomic E-state index is 11.2. The maximum Gasteiger partial charge on any atom is 0.337 e. The number of benzene rings is 1. The van der Waals surface area contributed by atoms with Gasteiger partial charge in [0.2, 0.25) is 0 Å². The number of carbonyl (C=O) groups excluding carboxylic acids is 1. The Morgan fingerprint density at radius 1 is 1.54 bits per heavy atom. The van der Waals surface area contributed by atoms with E-state index in [1.54, 1.807) is 19.1 Å². The Bertz CT molecular complexity index is 399. The van der Waals surface area contributed by atoms with Crippen molar-refractivity contribution in [3.63, 3.8) is 0 Å². The minimum Gasteiger partial charge on any atom is -0.496 e. The summed E-state index contributed by atoms with van der Waals surface area (Å²) < 4.78 is 30.2. The number of esters is 1. The van der Waals surface area contributed by atoms with E-state index in [1.165, 1.54) is 13.2 Å². The highest BCUT2D eigenvalue weighted by Crippen LogP contribution is 2.19. The van der Waals surface area contributed by atoms with Gasteiger partial charge in [-0.2, -0.15) is 0 Å². The highest BCUT2D eigenvalue weighted by atomic mass is 16.5. The van der Waals surface area contributed by atoms with Crippen LogP contribution in [0, 0.1) is 6.92 Å². The first-order valence-electron chi connectivity index (χ1n) is 5.21. The Kier molecular flexibility index (Phi) is 1.82. The molecular weight excluding hydrogens is 168 g/mol. The molecule has 1 aromatic carbocycles. The zero-order valence-corrected chi connectivity index (χ0v) is 7.46. The van der Waals surface area contributed by atoms with Crippen molar-refractivity contribution >= 4 is 5.97 Å². The second-order valence-corrected chi connectivity index (χ2v) is 2.57. The Labute approximate surface area is 81.5 Å². The van der Waals surface area contributed by atoms with Gasteiger partial charge in [0, 0.05) is 0 Å². The fraction of sp³-hybridized carbons (Fsp3) is 0.300. The van der Waals surface area contributed by atoms with Crippen LogP contribution in [0.2, 0.25) is 0 Å². The molecule has 0 amide bonds. The molecule has 0 spiro atoms. The largest absolute Gasteiger partial charge is 0.496 e. The highest BCUT2D eigenvalue weighted by molar-refractivity contribution is 5.89. The summed E-state index contributed by atoms with van der Waals surface area (Å²) in [6.45, 7) is 1.70. The minimum absolute atomic E-state index is 0.155. The Morgan fingerprint density at radius 2 is 2.31 bits per heavy atom. The average Bonchev–Trinajstić information content (AvgIpc) is 2.18. The fourth-order valence-corrected chi connectivity index (χ4v) is 0.955. The van der Waals surface area contributed by atoms with E-state index in [2.05, 4.69) is 4.74 Å². The van der Waals surface area contributed by atoms with Gasteiger partial charge in [0.05, 0.1) is 23.8 Å². The zero-order valence-electron chi connectivity index (χ0n) is 10.5. The lowest BCUT2D eigenvalue weighted by Crippen LogP contribution is -2.01. The molecule has 0 fully saturated rings. The third-order valence-corrected chi connectivity index (χ3v) is 1.72. The fourth-order valence-electron chi connectivity index (χ4n) is 0.955. The lowest BCUT2D eigenvalue weighted by Gasteiger charge is -2.05. The normalized spacial score (nSPS) is 13.8. The van der Waals surface area contributed by atoms with Crippen LogP contribution in [-0.2, 0) is 4.74 Å². The second-order valence-electron chi connectivity index (χ2n) is 2.57. The molecule has 0 heterocycles. The number of carbonyl (C=O) groups is 1. The van der Waals surface area contributed by atoms with Crippen molar-refractivity contribution < 1.29 is 18.4 Å². The first-order chi connectivity index (χ1) is 7.33. The van der Waals surface area contributed by atoms with E-state index in [-0.39, 0.29) is 11.3 Å². The van der Waals surface area contributed by atoms with Crippen molar-refractivity contribution in [2.75, 3.05) is 14.1 Å². The van der Waals surface area contributed by atoms with Gasteiger partial charge in [0.15, 0.2) is 0 Å². The molecule has 0 saturated heterocycles. The van der Waals surface area contributed by atoms with Gasteiger partial charge in [0.1, 0.15) is 5.75 Å². The van der Waals surface area contributed by atoms with Gasteiger partial charge in [-0.05, 0) is 24.6 Å². The molecule has 0 unspecified atom stereocenters. The predicted molar refractivity (Wildman–Crippen MR) is 49.1 cm³/mol. The lowest BCUT2D eigenvalue weighted by atomic mass is 10.1. The summed E-state index contributed by atoms with van der Waals surface area (Å²) in [5.74, 6) is -0.377. The van der Waals surface area contributed by atoms with E-state index in [0.717, 1.165) is 0 Å². The van der Waals surface area contributed by atoms with Crippen molar-refractivity contribution in [1.82, 2.24) is 0 Å². The summed E-state index contributed by atoms with van der Waals surface area (Å²) in [6.07, 6.45) is 0. The van der Waals surface area contributed by atoms with Crippen LogP contribution < -0.4 is 4.74 Å². The molecule has 0 saturated carbocycles. The van der Waals surface area contributed by atoms with Gasteiger partial charge in [0.25, 0.3) is 0 Å². The monoisotopic (exact) mass is 183 g/mol. The van der Waals surface area contributed by atoms with Gasteiger partial charge in [-0.15, -0.1) is 0 Å². The van der Waals surface area contributed by atoms with Crippen LogP contribution in [0.1, 0.15) is 20.0 Å². The summed E-state index contributed by atoms with van der Waals surface area (Å²) in [4.78, 5) is 11.2. The van der Waals surface area contributed by atoms with Crippen molar-refractivity contribution in [1.29, 1.82) is 0 Å². The topological polar surface area (TPSA) is 35.5 Å². The number of methoxy groups -OCH3 is 2. The molecule has 0 aliphatic rings. The molecule has 0 bridgehead atoms. The number of rotatable bonds is 2. The molecule has 0 N–H and O–H groups in total. The van der Waals surface area contributed by atoms with E-state index in [4.69, 9.17) is 8.85 Å². The molecule has 3 nitrogen and oxygen atoms in total. The van der Waals surface area contributed by atoms with Crippen LogP contribution >= 0.6 is 0 Å². The molecule has 3 heteroatoms. The Morgan fingerprint density at radius 3 is 2.92 bits per heavy atom. The van der Waals surface area contributed by atoms with E-state index >= 15 is 0 Å². The summed E-state index contributed by atoms with van der Waals surface area (Å²) in [5.41, 5.74) is 0.899. The van der Waals surface area contributed by atoms with Crippen LogP contribution in [0.15, 0.2) is 18.2 Å². The molecule has 1 aromatic rings. The predicted octanol–water partition coefficient (Wildman–Crippen LogP) is 1.79. The molecule has 70 valence electrons. The molecule has 0 atom stereocenters. The summed E-state index contributed by atoms with van der Waals surface area (Å²) >= 11 is 0. The molecule has 13 heavy (non-hydrogen) atoms.